The molecule has 2 aromatic rings. The van der Waals surface area contributed by atoms with Crippen LogP contribution in [-0.4, -0.2) is 11.5 Å². The van der Waals surface area contributed by atoms with Crippen LogP contribution in [-0.2, 0) is 13.2 Å². The van der Waals surface area contributed by atoms with Gasteiger partial charge in [0.2, 0.25) is 0 Å². The van der Waals surface area contributed by atoms with Crippen LogP contribution >= 0.6 is 11.3 Å². The zero-order valence-corrected chi connectivity index (χ0v) is 14.1. The Bertz CT molecular complexity index is 592. The minimum Gasteiger partial charge on any atom is -0.486 e. The molecule has 0 saturated carbocycles. The zero-order valence-electron chi connectivity index (χ0n) is 13.3. The Hall–Kier alpha value is -1.39. The van der Waals surface area contributed by atoms with Gasteiger partial charge in [0.25, 0.3) is 0 Å². The maximum Gasteiger partial charge on any atom is 0.140 e. The molecule has 0 atom stereocenters. The summed E-state index contributed by atoms with van der Waals surface area (Å²) in [7, 11) is 0. The van der Waals surface area contributed by atoms with Gasteiger partial charge in [0.15, 0.2) is 0 Å². The maximum atomic E-state index is 5.95. The third-order valence-electron chi connectivity index (χ3n) is 3.44. The van der Waals surface area contributed by atoms with E-state index in [4.69, 9.17) is 4.74 Å². The van der Waals surface area contributed by atoms with Gasteiger partial charge in [-0.15, -0.1) is 11.3 Å². The molecule has 0 aliphatic carbocycles. The molecule has 0 aliphatic rings. The van der Waals surface area contributed by atoms with Crippen LogP contribution in [0.4, 0.5) is 0 Å². The van der Waals surface area contributed by atoms with E-state index in [9.17, 15) is 0 Å². The molecule has 3 nitrogen and oxygen atoms in total. The highest BCUT2D eigenvalue weighted by atomic mass is 32.1. The van der Waals surface area contributed by atoms with Crippen molar-refractivity contribution in [3.63, 3.8) is 0 Å². The molecule has 0 radical (unpaired) electrons. The molecule has 4 heteroatoms. The number of rotatable bonds is 7. The van der Waals surface area contributed by atoms with Crippen molar-refractivity contribution in [1.29, 1.82) is 0 Å². The molecular formula is C17H24N2OS. The number of nitrogens with zero attached hydrogens (tertiary/aromatic N) is 1. The quantitative estimate of drug-likeness (QED) is 0.780. The van der Waals surface area contributed by atoms with Gasteiger partial charge in [-0.2, -0.15) is 0 Å². The first-order valence-electron chi connectivity index (χ1n) is 7.45. The van der Waals surface area contributed by atoms with Gasteiger partial charge in [-0.25, -0.2) is 4.98 Å². The Morgan fingerprint density at radius 1 is 1.24 bits per heavy atom. The normalized spacial score (nSPS) is 10.9. The number of aromatic nitrogens is 1. The fourth-order valence-corrected chi connectivity index (χ4v) is 2.98. The number of thiazole rings is 1. The van der Waals surface area contributed by atoms with Crippen molar-refractivity contribution in [2.45, 2.75) is 47.3 Å². The van der Waals surface area contributed by atoms with Crippen molar-refractivity contribution in [2.24, 2.45) is 0 Å². The molecule has 0 aliphatic heterocycles. The van der Waals surface area contributed by atoms with Crippen molar-refractivity contribution in [1.82, 2.24) is 10.3 Å². The van der Waals surface area contributed by atoms with Crippen LogP contribution in [0.25, 0.3) is 0 Å². The third-order valence-corrected chi connectivity index (χ3v) is 4.41. The lowest BCUT2D eigenvalue weighted by Gasteiger charge is -2.11. The zero-order chi connectivity index (χ0) is 15.2. The lowest BCUT2D eigenvalue weighted by atomic mass is 10.1. The molecule has 2 rings (SSSR count). The summed E-state index contributed by atoms with van der Waals surface area (Å²) in [5.41, 5.74) is 3.72. The molecule has 21 heavy (non-hydrogen) atoms. The Kier molecular flexibility index (Phi) is 5.76. The second kappa shape index (κ2) is 7.57. The predicted molar refractivity (Wildman–Crippen MR) is 89.1 cm³/mol. The Morgan fingerprint density at radius 2 is 2.05 bits per heavy atom. The van der Waals surface area contributed by atoms with Gasteiger partial charge in [-0.3, -0.25) is 0 Å². The molecule has 0 amide bonds. The third kappa shape index (κ3) is 4.55. The van der Waals surface area contributed by atoms with Crippen LogP contribution < -0.4 is 10.1 Å². The highest BCUT2D eigenvalue weighted by Crippen LogP contribution is 2.25. The van der Waals surface area contributed by atoms with Crippen molar-refractivity contribution >= 4 is 11.3 Å². The predicted octanol–water partition coefficient (Wildman–Crippen LogP) is 4.15. The van der Waals surface area contributed by atoms with Gasteiger partial charge < -0.3 is 10.1 Å². The van der Waals surface area contributed by atoms with Crippen molar-refractivity contribution in [3.8, 4) is 5.75 Å². The first-order valence-corrected chi connectivity index (χ1v) is 8.26. The molecule has 0 fully saturated rings. The summed E-state index contributed by atoms with van der Waals surface area (Å²) < 4.78 is 5.95. The van der Waals surface area contributed by atoms with Gasteiger partial charge in [0.1, 0.15) is 17.4 Å². The SMILES string of the molecule is CCCNCc1cnc(COc2cc(C)cc(C)c2C)s1. The number of ether oxygens (including phenoxy) is 1. The summed E-state index contributed by atoms with van der Waals surface area (Å²) in [6.07, 6.45) is 3.10. The summed E-state index contributed by atoms with van der Waals surface area (Å²) in [4.78, 5) is 5.70. The number of hydrogen-bond donors (Lipinski definition) is 1. The minimum absolute atomic E-state index is 0.544. The van der Waals surface area contributed by atoms with Crippen LogP contribution in [0, 0.1) is 20.8 Å². The molecule has 0 spiro atoms. The summed E-state index contributed by atoms with van der Waals surface area (Å²) in [5.74, 6) is 0.966. The molecule has 1 aromatic heterocycles. The van der Waals surface area contributed by atoms with E-state index < -0.39 is 0 Å². The molecule has 0 bridgehead atoms. The van der Waals surface area contributed by atoms with Crippen LogP contribution in [0.3, 0.4) is 0 Å². The summed E-state index contributed by atoms with van der Waals surface area (Å²) in [6.45, 7) is 11.0. The van der Waals surface area contributed by atoms with E-state index in [0.717, 1.165) is 30.3 Å². The molecule has 1 aromatic carbocycles. The molecule has 0 unspecified atom stereocenters. The summed E-state index contributed by atoms with van der Waals surface area (Å²) in [5, 5.41) is 4.42. The van der Waals surface area contributed by atoms with Crippen LogP contribution in [0.15, 0.2) is 18.3 Å². The van der Waals surface area contributed by atoms with Gasteiger partial charge in [0, 0.05) is 17.6 Å². The Morgan fingerprint density at radius 3 is 2.81 bits per heavy atom. The van der Waals surface area contributed by atoms with Gasteiger partial charge in [-0.05, 0) is 56.5 Å². The Balaban J connectivity index is 1.94. The van der Waals surface area contributed by atoms with Gasteiger partial charge >= 0.3 is 0 Å². The average molecular weight is 304 g/mol. The van der Waals surface area contributed by atoms with Crippen LogP contribution in [0.2, 0.25) is 0 Å². The molecule has 0 saturated heterocycles. The van der Waals surface area contributed by atoms with E-state index in [0.29, 0.717) is 6.61 Å². The highest BCUT2D eigenvalue weighted by Gasteiger charge is 2.07. The fraction of sp³-hybridized carbons (Fsp3) is 0.471. The topological polar surface area (TPSA) is 34.2 Å². The first kappa shape index (κ1) is 16.0. The van der Waals surface area contributed by atoms with E-state index in [1.807, 2.05) is 6.20 Å². The standard InChI is InChI=1S/C17H24N2OS/c1-5-6-18-9-15-10-19-17(21-15)11-20-16-8-12(2)7-13(3)14(16)4/h7-8,10,18H,5-6,9,11H2,1-4H3. The molecule has 1 N–H and O–H groups in total. The second-order valence-corrected chi connectivity index (χ2v) is 6.59. The number of aryl methyl sites for hydroxylation is 2. The number of hydrogen-bond acceptors (Lipinski definition) is 4. The Labute approximate surface area is 131 Å². The maximum absolute atomic E-state index is 5.95. The lowest BCUT2D eigenvalue weighted by Crippen LogP contribution is -2.12. The fourth-order valence-electron chi connectivity index (χ4n) is 2.18. The van der Waals surface area contributed by atoms with E-state index in [2.05, 4.69) is 50.1 Å². The average Bonchev–Trinajstić information content (AvgIpc) is 2.89. The van der Waals surface area contributed by atoms with E-state index in [-0.39, 0.29) is 0 Å². The highest BCUT2D eigenvalue weighted by molar-refractivity contribution is 7.11. The van der Waals surface area contributed by atoms with Crippen molar-refractivity contribution in [2.75, 3.05) is 6.54 Å². The second-order valence-electron chi connectivity index (χ2n) is 5.39. The van der Waals surface area contributed by atoms with E-state index >= 15 is 0 Å². The number of benzene rings is 1. The molecule has 1 heterocycles. The van der Waals surface area contributed by atoms with E-state index in [1.165, 1.54) is 21.6 Å². The molecular weight excluding hydrogens is 280 g/mol. The largest absolute Gasteiger partial charge is 0.486 e. The van der Waals surface area contributed by atoms with Crippen LogP contribution in [0.1, 0.15) is 39.9 Å². The smallest absolute Gasteiger partial charge is 0.140 e. The molecule has 114 valence electrons. The lowest BCUT2D eigenvalue weighted by molar-refractivity contribution is 0.303. The summed E-state index contributed by atoms with van der Waals surface area (Å²) in [6, 6.07) is 4.28. The van der Waals surface area contributed by atoms with E-state index in [1.54, 1.807) is 11.3 Å². The summed E-state index contributed by atoms with van der Waals surface area (Å²) >= 11 is 1.72. The number of nitrogens with one attached hydrogen (secondary N) is 1. The monoisotopic (exact) mass is 304 g/mol. The van der Waals surface area contributed by atoms with Gasteiger partial charge in [-0.1, -0.05) is 13.0 Å². The van der Waals surface area contributed by atoms with Crippen molar-refractivity contribution < 1.29 is 4.74 Å². The first-order chi connectivity index (χ1) is 10.1. The van der Waals surface area contributed by atoms with Crippen LogP contribution in [0.5, 0.6) is 5.75 Å². The van der Waals surface area contributed by atoms with Crippen molar-refractivity contribution in [3.05, 3.63) is 44.9 Å². The minimum atomic E-state index is 0.544. The van der Waals surface area contributed by atoms with Gasteiger partial charge in [0.05, 0.1) is 0 Å².